The largest absolute Gasteiger partial charge is 0.481 e. The van der Waals surface area contributed by atoms with Gasteiger partial charge in [-0.3, -0.25) is 15.2 Å². The quantitative estimate of drug-likeness (QED) is 0.516. The van der Waals surface area contributed by atoms with Gasteiger partial charge in [0.25, 0.3) is 0 Å². The van der Waals surface area contributed by atoms with Gasteiger partial charge in [0.2, 0.25) is 0 Å². The van der Waals surface area contributed by atoms with E-state index in [-0.39, 0.29) is 18.2 Å². The summed E-state index contributed by atoms with van der Waals surface area (Å²) >= 11 is 0. The SMILES string of the molecule is CCC(CCN(O)O)C(=O)O. The minimum Gasteiger partial charge on any atom is -0.481 e. The first-order valence-corrected chi connectivity index (χ1v) is 3.46. The van der Waals surface area contributed by atoms with Crippen LogP contribution in [-0.4, -0.2) is 33.3 Å². The summed E-state index contributed by atoms with van der Waals surface area (Å²) < 4.78 is 0. The molecule has 0 aromatic rings. The van der Waals surface area contributed by atoms with Crippen LogP contribution in [0.5, 0.6) is 0 Å². The average Bonchev–Trinajstić information content (AvgIpc) is 1.87. The van der Waals surface area contributed by atoms with Crippen LogP contribution in [0.2, 0.25) is 0 Å². The van der Waals surface area contributed by atoms with Crippen LogP contribution in [0.4, 0.5) is 0 Å². The van der Waals surface area contributed by atoms with E-state index in [2.05, 4.69) is 0 Å². The highest BCUT2D eigenvalue weighted by atomic mass is 16.8. The molecule has 0 heterocycles. The van der Waals surface area contributed by atoms with Gasteiger partial charge >= 0.3 is 5.97 Å². The number of hydroxylamine groups is 2. The molecule has 0 aliphatic heterocycles. The molecule has 0 rings (SSSR count). The van der Waals surface area contributed by atoms with Crippen molar-refractivity contribution in [2.24, 2.45) is 5.92 Å². The fraction of sp³-hybridized carbons (Fsp3) is 0.833. The molecule has 11 heavy (non-hydrogen) atoms. The Labute approximate surface area is 64.8 Å². The standard InChI is InChI=1S/C6H13NO4/c1-2-5(6(8)9)3-4-7(10)11/h5,10-11H,2-4H2,1H3,(H,8,9). The molecule has 3 N–H and O–H groups in total. The maximum Gasteiger partial charge on any atom is 0.306 e. The monoisotopic (exact) mass is 163 g/mol. The molecule has 0 saturated heterocycles. The third-order valence-electron chi connectivity index (χ3n) is 1.52. The third kappa shape index (κ3) is 4.72. The molecule has 0 amide bonds. The van der Waals surface area contributed by atoms with Crippen LogP contribution >= 0.6 is 0 Å². The fourth-order valence-corrected chi connectivity index (χ4v) is 0.774. The van der Waals surface area contributed by atoms with Crippen LogP contribution in [-0.2, 0) is 4.79 Å². The topological polar surface area (TPSA) is 81.0 Å². The van der Waals surface area contributed by atoms with Gasteiger partial charge in [0.1, 0.15) is 0 Å². The van der Waals surface area contributed by atoms with Crippen molar-refractivity contribution in [2.75, 3.05) is 6.54 Å². The smallest absolute Gasteiger partial charge is 0.306 e. The van der Waals surface area contributed by atoms with Gasteiger partial charge in [-0.1, -0.05) is 12.2 Å². The maximum atomic E-state index is 10.4. The molecule has 66 valence electrons. The first-order chi connectivity index (χ1) is 5.07. The van der Waals surface area contributed by atoms with E-state index in [0.717, 1.165) is 0 Å². The molecule has 1 unspecified atom stereocenters. The highest BCUT2D eigenvalue weighted by molar-refractivity contribution is 5.69. The van der Waals surface area contributed by atoms with Crippen LogP contribution < -0.4 is 0 Å². The predicted molar refractivity (Wildman–Crippen MR) is 36.3 cm³/mol. The minimum absolute atomic E-state index is 0.00556. The Morgan fingerprint density at radius 2 is 2.09 bits per heavy atom. The molecule has 0 aliphatic carbocycles. The van der Waals surface area contributed by atoms with E-state index in [1.165, 1.54) is 0 Å². The van der Waals surface area contributed by atoms with Crippen molar-refractivity contribution in [2.45, 2.75) is 19.8 Å². The number of carbonyl (C=O) groups is 1. The molecule has 0 spiro atoms. The normalized spacial score (nSPS) is 13.5. The number of rotatable bonds is 5. The fourth-order valence-electron chi connectivity index (χ4n) is 0.774. The van der Waals surface area contributed by atoms with Crippen molar-refractivity contribution >= 4 is 5.97 Å². The molecular weight excluding hydrogens is 150 g/mol. The van der Waals surface area contributed by atoms with Crippen molar-refractivity contribution < 1.29 is 20.3 Å². The molecule has 1 atom stereocenters. The van der Waals surface area contributed by atoms with Crippen LogP contribution in [0.1, 0.15) is 19.8 Å². The second kappa shape index (κ2) is 5.06. The summed E-state index contributed by atoms with van der Waals surface area (Å²) in [4.78, 5) is 10.4. The van der Waals surface area contributed by atoms with Gasteiger partial charge in [-0.25, -0.2) is 0 Å². The van der Waals surface area contributed by atoms with E-state index in [9.17, 15) is 4.79 Å². The molecule has 0 aromatic carbocycles. The number of hydrogen-bond donors (Lipinski definition) is 3. The average molecular weight is 163 g/mol. The number of aliphatic carboxylic acids is 1. The van der Waals surface area contributed by atoms with E-state index in [4.69, 9.17) is 15.5 Å². The summed E-state index contributed by atoms with van der Waals surface area (Å²) in [5, 5.41) is 25.1. The zero-order chi connectivity index (χ0) is 8.85. The van der Waals surface area contributed by atoms with Crippen LogP contribution in [0.3, 0.4) is 0 Å². The van der Waals surface area contributed by atoms with E-state index < -0.39 is 11.9 Å². The molecule has 0 radical (unpaired) electrons. The van der Waals surface area contributed by atoms with Crippen molar-refractivity contribution in [3.63, 3.8) is 0 Å². The van der Waals surface area contributed by atoms with E-state index >= 15 is 0 Å². The van der Waals surface area contributed by atoms with Gasteiger partial charge in [0.15, 0.2) is 0 Å². The number of carboxylic acid groups (broad SMARTS) is 1. The summed E-state index contributed by atoms with van der Waals surface area (Å²) in [6, 6.07) is 0. The zero-order valence-corrected chi connectivity index (χ0v) is 6.40. The van der Waals surface area contributed by atoms with E-state index in [1.54, 1.807) is 6.92 Å². The first kappa shape index (κ1) is 10.3. The van der Waals surface area contributed by atoms with Crippen LogP contribution in [0.15, 0.2) is 0 Å². The van der Waals surface area contributed by atoms with Crippen molar-refractivity contribution in [3.8, 4) is 0 Å². The van der Waals surface area contributed by atoms with Crippen molar-refractivity contribution in [1.29, 1.82) is 0 Å². The van der Waals surface area contributed by atoms with Gasteiger partial charge in [0.05, 0.1) is 12.5 Å². The summed E-state index contributed by atoms with van der Waals surface area (Å²) in [5.74, 6) is -1.38. The molecule has 0 saturated carbocycles. The first-order valence-electron chi connectivity index (χ1n) is 3.46. The molecular formula is C6H13NO4. The maximum absolute atomic E-state index is 10.4. The predicted octanol–water partition coefficient (Wildman–Crippen LogP) is 0.568. The zero-order valence-electron chi connectivity index (χ0n) is 6.40. The highest BCUT2D eigenvalue weighted by Gasteiger charge is 2.14. The third-order valence-corrected chi connectivity index (χ3v) is 1.52. The Hall–Kier alpha value is -0.650. The lowest BCUT2D eigenvalue weighted by atomic mass is 10.0. The Morgan fingerprint density at radius 1 is 1.55 bits per heavy atom. The van der Waals surface area contributed by atoms with Gasteiger partial charge in [-0.15, -0.1) is 0 Å². The highest BCUT2D eigenvalue weighted by Crippen LogP contribution is 2.07. The second-order valence-corrected chi connectivity index (χ2v) is 2.33. The Bertz CT molecular complexity index is 126. The minimum atomic E-state index is -0.894. The summed E-state index contributed by atoms with van der Waals surface area (Å²) in [5.41, 5.74) is 0. The van der Waals surface area contributed by atoms with Crippen molar-refractivity contribution in [3.05, 3.63) is 0 Å². The lowest BCUT2D eigenvalue weighted by Gasteiger charge is -2.10. The Kier molecular flexibility index (Phi) is 4.76. The van der Waals surface area contributed by atoms with Gasteiger partial charge < -0.3 is 5.11 Å². The number of carboxylic acids is 1. The molecule has 5 nitrogen and oxygen atoms in total. The van der Waals surface area contributed by atoms with Crippen LogP contribution in [0, 0.1) is 5.92 Å². The van der Waals surface area contributed by atoms with Crippen LogP contribution in [0.25, 0.3) is 0 Å². The molecule has 0 aromatic heterocycles. The van der Waals surface area contributed by atoms with E-state index in [0.29, 0.717) is 6.42 Å². The summed E-state index contributed by atoms with van der Waals surface area (Å²) in [6.45, 7) is 1.71. The molecule has 0 bridgehead atoms. The molecule has 5 heteroatoms. The Balaban J connectivity index is 3.61. The molecule has 0 aliphatic rings. The van der Waals surface area contributed by atoms with Gasteiger partial charge in [0, 0.05) is 0 Å². The van der Waals surface area contributed by atoms with E-state index in [1.807, 2.05) is 0 Å². The summed E-state index contributed by atoms with van der Waals surface area (Å²) in [7, 11) is 0. The van der Waals surface area contributed by atoms with Gasteiger partial charge in [-0.2, -0.15) is 0 Å². The number of hydrogen-bond acceptors (Lipinski definition) is 4. The van der Waals surface area contributed by atoms with Gasteiger partial charge in [-0.05, 0) is 12.8 Å². The lowest BCUT2D eigenvalue weighted by molar-refractivity contribution is -0.307. The van der Waals surface area contributed by atoms with Crippen molar-refractivity contribution in [1.82, 2.24) is 5.23 Å². The Morgan fingerprint density at radius 3 is 2.36 bits per heavy atom. The number of nitrogens with zero attached hydrogens (tertiary/aromatic N) is 1. The lowest BCUT2D eigenvalue weighted by Crippen LogP contribution is -2.21. The molecule has 0 fully saturated rings. The second-order valence-electron chi connectivity index (χ2n) is 2.33. The summed E-state index contributed by atoms with van der Waals surface area (Å²) in [6.07, 6.45) is 0.752.